The van der Waals surface area contributed by atoms with E-state index in [-0.39, 0.29) is 5.75 Å². The summed E-state index contributed by atoms with van der Waals surface area (Å²) in [7, 11) is -7.43. The number of rotatable bonds is 4. The van der Waals surface area contributed by atoms with Crippen LogP contribution in [0.3, 0.4) is 0 Å². The molecule has 8 heteroatoms. The molecule has 94 valence electrons. The largest absolute Gasteiger partial charge is 0.286 e. The van der Waals surface area contributed by atoms with Crippen LogP contribution in [0.4, 0.5) is 0 Å². The lowest BCUT2D eigenvalue weighted by Gasteiger charge is -1.94. The molecule has 0 atom stereocenters. The summed E-state index contributed by atoms with van der Waals surface area (Å²) in [6.45, 7) is 4.69. The molecular weight excluding hydrogens is 244 g/mol. The molecule has 0 aliphatic heterocycles. The van der Waals surface area contributed by atoms with Crippen LogP contribution in [0.1, 0.15) is 33.6 Å². The fourth-order valence-corrected chi connectivity index (χ4v) is 0.980. The van der Waals surface area contributed by atoms with Crippen molar-refractivity contribution in [2.24, 2.45) is 0 Å². The second-order valence-electron chi connectivity index (χ2n) is 3.20. The normalized spacial score (nSPS) is 12.1. The molecule has 0 aromatic heterocycles. The van der Waals surface area contributed by atoms with Crippen LogP contribution in [0.25, 0.3) is 0 Å². The molecule has 0 radical (unpaired) electrons. The molecule has 0 aliphatic carbocycles. The Morgan fingerprint density at radius 3 is 1.47 bits per heavy atom. The highest BCUT2D eigenvalue weighted by atomic mass is 32.2. The quantitative estimate of drug-likeness (QED) is 0.730. The van der Waals surface area contributed by atoms with E-state index in [1.54, 1.807) is 0 Å². The molecule has 0 aromatic carbocycles. The lowest BCUT2D eigenvalue weighted by Crippen LogP contribution is -2.10. The van der Waals surface area contributed by atoms with Gasteiger partial charge in [0.05, 0.1) is 11.0 Å². The smallest absolute Gasteiger partial charge is 0.267 e. The van der Waals surface area contributed by atoms with Crippen molar-refractivity contribution in [1.82, 2.24) is 0 Å². The average molecular weight is 262 g/mol. The Morgan fingerprint density at radius 1 is 1.07 bits per heavy atom. The first-order chi connectivity index (χ1) is 6.50. The first kappa shape index (κ1) is 17.2. The van der Waals surface area contributed by atoms with Gasteiger partial charge in [0, 0.05) is 0 Å². The van der Waals surface area contributed by atoms with Crippen LogP contribution in [0.5, 0.6) is 0 Å². The molecule has 0 amide bonds. The summed E-state index contributed by atoms with van der Waals surface area (Å²) in [5, 5.41) is -0.674. The SMILES string of the molecule is CC(C)S(=O)(=O)O.CCCCS(=O)(=O)O. The predicted molar refractivity (Wildman–Crippen MR) is 58.0 cm³/mol. The molecule has 0 unspecified atom stereocenters. The van der Waals surface area contributed by atoms with Crippen LogP contribution in [0.2, 0.25) is 0 Å². The summed E-state index contributed by atoms with van der Waals surface area (Å²) in [6, 6.07) is 0. The first-order valence-electron chi connectivity index (χ1n) is 4.42. The summed E-state index contributed by atoms with van der Waals surface area (Å²) < 4.78 is 55.9. The van der Waals surface area contributed by atoms with Crippen molar-refractivity contribution in [1.29, 1.82) is 0 Å². The lowest BCUT2D eigenvalue weighted by atomic mass is 10.4. The Balaban J connectivity index is 0. The predicted octanol–water partition coefficient (Wildman–Crippen LogP) is 0.957. The minimum Gasteiger partial charge on any atom is -0.286 e. The third kappa shape index (κ3) is 16.5. The minimum absolute atomic E-state index is 0.108. The Kier molecular flexibility index (Phi) is 8.21. The highest BCUT2D eigenvalue weighted by Crippen LogP contribution is 1.92. The molecule has 6 nitrogen and oxygen atoms in total. The van der Waals surface area contributed by atoms with E-state index in [9.17, 15) is 16.8 Å². The van der Waals surface area contributed by atoms with Crippen molar-refractivity contribution in [3.05, 3.63) is 0 Å². The molecule has 15 heavy (non-hydrogen) atoms. The van der Waals surface area contributed by atoms with E-state index in [1.807, 2.05) is 6.92 Å². The molecule has 0 rings (SSSR count). The van der Waals surface area contributed by atoms with Gasteiger partial charge in [0.15, 0.2) is 0 Å². The Hall–Kier alpha value is -0.180. The highest BCUT2D eigenvalue weighted by Gasteiger charge is 2.08. The van der Waals surface area contributed by atoms with Crippen LogP contribution in [0, 0.1) is 0 Å². The topological polar surface area (TPSA) is 109 Å². The summed E-state index contributed by atoms with van der Waals surface area (Å²) in [5.41, 5.74) is 0. The molecule has 0 bridgehead atoms. The average Bonchev–Trinajstić information content (AvgIpc) is 1.98. The van der Waals surface area contributed by atoms with Crippen LogP contribution in [-0.2, 0) is 20.2 Å². The van der Waals surface area contributed by atoms with Crippen molar-refractivity contribution in [2.75, 3.05) is 5.75 Å². The van der Waals surface area contributed by atoms with Crippen LogP contribution in [-0.4, -0.2) is 36.9 Å². The number of hydrogen-bond acceptors (Lipinski definition) is 4. The van der Waals surface area contributed by atoms with Gasteiger partial charge in [-0.3, -0.25) is 9.11 Å². The number of unbranched alkanes of at least 4 members (excludes halogenated alkanes) is 1. The summed E-state index contributed by atoms with van der Waals surface area (Å²) in [4.78, 5) is 0. The fourth-order valence-electron chi connectivity index (χ4n) is 0.327. The lowest BCUT2D eigenvalue weighted by molar-refractivity contribution is 0.473. The van der Waals surface area contributed by atoms with E-state index in [2.05, 4.69) is 0 Å². The van der Waals surface area contributed by atoms with Crippen molar-refractivity contribution in [3.63, 3.8) is 0 Å². The fraction of sp³-hybridized carbons (Fsp3) is 1.00. The van der Waals surface area contributed by atoms with Gasteiger partial charge in [-0.2, -0.15) is 16.8 Å². The second-order valence-corrected chi connectivity index (χ2v) is 6.75. The Bertz CT molecular complexity index is 340. The zero-order valence-corrected chi connectivity index (χ0v) is 10.7. The van der Waals surface area contributed by atoms with Gasteiger partial charge in [-0.1, -0.05) is 13.3 Å². The molecule has 0 aliphatic rings. The van der Waals surface area contributed by atoms with E-state index in [1.165, 1.54) is 13.8 Å². The maximum Gasteiger partial charge on any atom is 0.267 e. The van der Waals surface area contributed by atoms with Crippen LogP contribution < -0.4 is 0 Å². The van der Waals surface area contributed by atoms with E-state index in [0.29, 0.717) is 6.42 Å². The molecule has 0 saturated heterocycles. The molecular formula is C7H18O6S2. The van der Waals surface area contributed by atoms with Crippen LogP contribution >= 0.6 is 0 Å². The Morgan fingerprint density at radius 2 is 1.40 bits per heavy atom. The highest BCUT2D eigenvalue weighted by molar-refractivity contribution is 7.86. The van der Waals surface area contributed by atoms with Crippen molar-refractivity contribution in [3.8, 4) is 0 Å². The molecule has 2 N–H and O–H groups in total. The molecule has 0 aromatic rings. The van der Waals surface area contributed by atoms with E-state index in [4.69, 9.17) is 9.11 Å². The Labute approximate surface area is 91.2 Å². The minimum atomic E-state index is -3.74. The van der Waals surface area contributed by atoms with Crippen molar-refractivity contribution >= 4 is 20.2 Å². The molecule has 0 heterocycles. The maximum absolute atomic E-state index is 9.95. The van der Waals surface area contributed by atoms with Gasteiger partial charge >= 0.3 is 0 Å². The van der Waals surface area contributed by atoms with Crippen molar-refractivity contribution < 1.29 is 25.9 Å². The standard InChI is InChI=1S/C4H10O3S.C3H8O3S/c1-2-3-4-8(5,6)7;1-3(2)7(4,5)6/h2-4H2,1H3,(H,5,6,7);3H,1-2H3,(H,4,5,6). The summed E-state index contributed by atoms with van der Waals surface area (Å²) in [5.74, 6) is -0.108. The zero-order chi connectivity index (χ0) is 12.7. The van der Waals surface area contributed by atoms with Gasteiger partial charge in [0.2, 0.25) is 0 Å². The maximum atomic E-state index is 9.95. The van der Waals surface area contributed by atoms with Crippen LogP contribution in [0.15, 0.2) is 0 Å². The first-order valence-corrected chi connectivity index (χ1v) is 7.53. The molecule has 0 fully saturated rings. The van der Waals surface area contributed by atoms with Gasteiger partial charge in [-0.05, 0) is 20.3 Å². The monoisotopic (exact) mass is 262 g/mol. The zero-order valence-electron chi connectivity index (χ0n) is 9.04. The second kappa shape index (κ2) is 7.15. The summed E-state index contributed by atoms with van der Waals surface area (Å²) >= 11 is 0. The van der Waals surface area contributed by atoms with Gasteiger partial charge in [0.25, 0.3) is 20.2 Å². The van der Waals surface area contributed by atoms with Gasteiger partial charge < -0.3 is 0 Å². The van der Waals surface area contributed by atoms with Crippen molar-refractivity contribution in [2.45, 2.75) is 38.9 Å². The van der Waals surface area contributed by atoms with E-state index in [0.717, 1.165) is 6.42 Å². The van der Waals surface area contributed by atoms with E-state index < -0.39 is 25.5 Å². The molecule has 0 spiro atoms. The third-order valence-corrected chi connectivity index (χ3v) is 3.35. The van der Waals surface area contributed by atoms with Gasteiger partial charge in [-0.15, -0.1) is 0 Å². The molecule has 0 saturated carbocycles. The van der Waals surface area contributed by atoms with E-state index >= 15 is 0 Å². The van der Waals surface area contributed by atoms with Gasteiger partial charge in [0.1, 0.15) is 0 Å². The third-order valence-electron chi connectivity index (χ3n) is 1.35. The van der Waals surface area contributed by atoms with Gasteiger partial charge in [-0.25, -0.2) is 0 Å². The summed E-state index contributed by atoms with van der Waals surface area (Å²) in [6.07, 6.45) is 1.33. The number of hydrogen-bond donors (Lipinski definition) is 2.